The predicted octanol–water partition coefficient (Wildman–Crippen LogP) is 4.05. The van der Waals surface area contributed by atoms with Gasteiger partial charge in [-0.15, -0.1) is 0 Å². The first kappa shape index (κ1) is 24.9. The van der Waals surface area contributed by atoms with Gasteiger partial charge in [0.05, 0.1) is 6.04 Å². The smallest absolute Gasteiger partial charge is 0.258 e. The van der Waals surface area contributed by atoms with E-state index in [1.165, 1.54) is 0 Å². The summed E-state index contributed by atoms with van der Waals surface area (Å²) in [7, 11) is 2.13. The van der Waals surface area contributed by atoms with Gasteiger partial charge >= 0.3 is 0 Å². The summed E-state index contributed by atoms with van der Waals surface area (Å²) in [6.07, 6.45) is 0. The van der Waals surface area contributed by atoms with Gasteiger partial charge in [0, 0.05) is 48.9 Å². The Kier molecular flexibility index (Phi) is 8.53. The highest BCUT2D eigenvalue weighted by atomic mass is 35.5. The van der Waals surface area contributed by atoms with Crippen LogP contribution < -0.4 is 10.1 Å². The standard InChI is InChI=1S/C28H30ClN3O3/c1-31-15-17-32(18-16-31)19-26(21-5-3-2-4-6-21)30-27(33)20-35-25-13-9-23(10-14-25)28(34)22-7-11-24(29)12-8-22/h2-14,26H,15-20H2,1H3,(H,30,33). The van der Waals surface area contributed by atoms with Gasteiger partial charge in [0.15, 0.2) is 12.4 Å². The number of benzene rings is 3. The minimum Gasteiger partial charge on any atom is -0.484 e. The first-order valence-corrected chi connectivity index (χ1v) is 12.1. The number of rotatable bonds is 9. The van der Waals surface area contributed by atoms with E-state index in [0.717, 1.165) is 38.3 Å². The van der Waals surface area contributed by atoms with Crippen LogP contribution in [0.2, 0.25) is 5.02 Å². The van der Waals surface area contributed by atoms with Gasteiger partial charge in [0.2, 0.25) is 0 Å². The number of ether oxygens (including phenoxy) is 1. The number of carbonyl (C=O) groups is 2. The first-order chi connectivity index (χ1) is 17.0. The lowest BCUT2D eigenvalue weighted by molar-refractivity contribution is -0.124. The number of likely N-dealkylation sites (N-methyl/N-ethyl adjacent to an activating group) is 1. The van der Waals surface area contributed by atoms with Gasteiger partial charge in [0.1, 0.15) is 5.75 Å². The van der Waals surface area contributed by atoms with E-state index in [0.29, 0.717) is 21.9 Å². The number of hydrogen-bond acceptors (Lipinski definition) is 5. The second kappa shape index (κ2) is 12.0. The molecule has 1 heterocycles. The van der Waals surface area contributed by atoms with Crippen LogP contribution in [-0.4, -0.2) is 67.9 Å². The molecule has 1 aliphatic heterocycles. The largest absolute Gasteiger partial charge is 0.484 e. The fourth-order valence-corrected chi connectivity index (χ4v) is 4.19. The van der Waals surface area contributed by atoms with E-state index in [2.05, 4.69) is 22.2 Å². The van der Waals surface area contributed by atoms with Gasteiger partial charge in [0.25, 0.3) is 5.91 Å². The molecule has 1 N–H and O–H groups in total. The molecule has 6 nitrogen and oxygen atoms in total. The van der Waals surface area contributed by atoms with Gasteiger partial charge < -0.3 is 15.0 Å². The van der Waals surface area contributed by atoms with Crippen molar-refractivity contribution in [1.82, 2.24) is 15.1 Å². The Morgan fingerprint density at radius 1 is 0.886 bits per heavy atom. The molecule has 0 saturated carbocycles. The SMILES string of the molecule is CN1CCN(CC(NC(=O)COc2ccc(C(=O)c3ccc(Cl)cc3)cc2)c2ccccc2)CC1. The number of halogens is 1. The Balaban J connectivity index is 1.33. The lowest BCUT2D eigenvalue weighted by Gasteiger charge is -2.35. The van der Waals surface area contributed by atoms with E-state index in [4.69, 9.17) is 16.3 Å². The Labute approximate surface area is 211 Å². The van der Waals surface area contributed by atoms with Crippen LogP contribution in [0.1, 0.15) is 27.5 Å². The van der Waals surface area contributed by atoms with Crippen LogP contribution in [0.5, 0.6) is 5.75 Å². The molecule has 1 fully saturated rings. The lowest BCUT2D eigenvalue weighted by Crippen LogP contribution is -2.48. The number of carbonyl (C=O) groups excluding carboxylic acids is 2. The average molecular weight is 492 g/mol. The number of nitrogens with one attached hydrogen (secondary N) is 1. The molecule has 4 rings (SSSR count). The number of piperazine rings is 1. The van der Waals surface area contributed by atoms with Crippen molar-refractivity contribution in [3.63, 3.8) is 0 Å². The number of nitrogens with zero attached hydrogens (tertiary/aromatic N) is 2. The molecule has 1 aliphatic rings. The highest BCUT2D eigenvalue weighted by molar-refractivity contribution is 6.30. The topological polar surface area (TPSA) is 61.9 Å². The summed E-state index contributed by atoms with van der Waals surface area (Å²) >= 11 is 5.90. The van der Waals surface area contributed by atoms with Gasteiger partial charge in [-0.25, -0.2) is 0 Å². The summed E-state index contributed by atoms with van der Waals surface area (Å²) in [6, 6.07) is 23.5. The second-order valence-corrected chi connectivity index (χ2v) is 9.22. The molecule has 0 aromatic heterocycles. The summed E-state index contributed by atoms with van der Waals surface area (Å²) in [5, 5.41) is 3.72. The monoisotopic (exact) mass is 491 g/mol. The van der Waals surface area contributed by atoms with E-state index in [1.54, 1.807) is 48.5 Å². The molecule has 7 heteroatoms. The van der Waals surface area contributed by atoms with Crippen molar-refractivity contribution in [2.45, 2.75) is 6.04 Å². The van der Waals surface area contributed by atoms with E-state index in [-0.39, 0.29) is 24.3 Å². The Bertz CT molecular complexity index is 1110. The van der Waals surface area contributed by atoms with E-state index < -0.39 is 0 Å². The van der Waals surface area contributed by atoms with Crippen LogP contribution in [0.15, 0.2) is 78.9 Å². The Hall–Kier alpha value is -3.19. The zero-order valence-corrected chi connectivity index (χ0v) is 20.6. The molecule has 0 radical (unpaired) electrons. The molecule has 182 valence electrons. The second-order valence-electron chi connectivity index (χ2n) is 8.78. The molecule has 1 atom stereocenters. The molecule has 3 aromatic carbocycles. The maximum absolute atomic E-state index is 12.8. The molecule has 0 bridgehead atoms. The number of amides is 1. The molecular weight excluding hydrogens is 462 g/mol. The van der Waals surface area contributed by atoms with Crippen molar-refractivity contribution >= 4 is 23.3 Å². The molecule has 0 aliphatic carbocycles. The van der Waals surface area contributed by atoms with Gasteiger partial charge in [-0.3, -0.25) is 14.5 Å². The van der Waals surface area contributed by atoms with Crippen molar-refractivity contribution in [2.24, 2.45) is 0 Å². The van der Waals surface area contributed by atoms with E-state index >= 15 is 0 Å². The van der Waals surface area contributed by atoms with Crippen LogP contribution in [0, 0.1) is 0 Å². The maximum Gasteiger partial charge on any atom is 0.258 e. The fourth-order valence-electron chi connectivity index (χ4n) is 4.06. The number of ketones is 1. The summed E-state index contributed by atoms with van der Waals surface area (Å²) in [5.41, 5.74) is 2.18. The zero-order valence-electron chi connectivity index (χ0n) is 19.8. The summed E-state index contributed by atoms with van der Waals surface area (Å²) < 4.78 is 5.70. The molecule has 1 amide bonds. The molecule has 0 spiro atoms. The molecule has 1 unspecified atom stereocenters. The Morgan fingerprint density at radius 2 is 1.49 bits per heavy atom. The summed E-state index contributed by atoms with van der Waals surface area (Å²) in [4.78, 5) is 30.1. The van der Waals surface area contributed by atoms with Gasteiger partial charge in [-0.2, -0.15) is 0 Å². The van der Waals surface area contributed by atoms with E-state index in [9.17, 15) is 9.59 Å². The van der Waals surface area contributed by atoms with Crippen LogP contribution >= 0.6 is 11.6 Å². The highest BCUT2D eigenvalue weighted by Gasteiger charge is 2.21. The summed E-state index contributed by atoms with van der Waals surface area (Å²) in [6.45, 7) is 4.66. The Morgan fingerprint density at radius 3 is 2.11 bits per heavy atom. The lowest BCUT2D eigenvalue weighted by atomic mass is 10.0. The third-order valence-electron chi connectivity index (χ3n) is 6.17. The average Bonchev–Trinajstić information content (AvgIpc) is 2.89. The highest BCUT2D eigenvalue weighted by Crippen LogP contribution is 2.18. The molecular formula is C28H30ClN3O3. The van der Waals surface area contributed by atoms with Gasteiger partial charge in [-0.05, 0) is 61.1 Å². The quantitative estimate of drug-likeness (QED) is 0.457. The fraction of sp³-hybridized carbons (Fsp3) is 0.286. The molecule has 35 heavy (non-hydrogen) atoms. The third-order valence-corrected chi connectivity index (χ3v) is 6.42. The van der Waals surface area contributed by atoms with Crippen molar-refractivity contribution in [3.8, 4) is 5.75 Å². The molecule has 1 saturated heterocycles. The van der Waals surface area contributed by atoms with Crippen LogP contribution in [0.25, 0.3) is 0 Å². The first-order valence-electron chi connectivity index (χ1n) is 11.8. The minimum atomic E-state index is -0.186. The van der Waals surface area contributed by atoms with Crippen molar-refractivity contribution in [1.29, 1.82) is 0 Å². The zero-order chi connectivity index (χ0) is 24.6. The predicted molar refractivity (Wildman–Crippen MR) is 138 cm³/mol. The van der Waals surface area contributed by atoms with Crippen LogP contribution in [0.4, 0.5) is 0 Å². The number of hydrogen-bond donors (Lipinski definition) is 1. The van der Waals surface area contributed by atoms with Crippen molar-refractivity contribution < 1.29 is 14.3 Å². The van der Waals surface area contributed by atoms with Crippen LogP contribution in [-0.2, 0) is 4.79 Å². The molecule has 3 aromatic rings. The third kappa shape index (κ3) is 7.15. The normalized spacial score (nSPS) is 15.4. The maximum atomic E-state index is 12.8. The summed E-state index contributed by atoms with van der Waals surface area (Å²) in [5.74, 6) is 0.248. The van der Waals surface area contributed by atoms with E-state index in [1.807, 2.05) is 30.3 Å². The minimum absolute atomic E-state index is 0.0967. The van der Waals surface area contributed by atoms with Crippen molar-refractivity contribution in [2.75, 3.05) is 46.4 Å². The van der Waals surface area contributed by atoms with Gasteiger partial charge in [-0.1, -0.05) is 41.9 Å². The van der Waals surface area contributed by atoms with Crippen molar-refractivity contribution in [3.05, 3.63) is 101 Å². The van der Waals surface area contributed by atoms with Crippen LogP contribution in [0.3, 0.4) is 0 Å².